The number of pyridine rings is 1. The van der Waals surface area contributed by atoms with Crippen LogP contribution in [-0.4, -0.2) is 26.4 Å². The van der Waals surface area contributed by atoms with Gasteiger partial charge in [-0.2, -0.15) is 0 Å². The lowest BCUT2D eigenvalue weighted by molar-refractivity contribution is 0.102. The molecular weight excluding hydrogens is 414 g/mol. The number of nitrogens with one attached hydrogen (secondary N) is 2. The summed E-state index contributed by atoms with van der Waals surface area (Å²) in [6, 6.07) is 14.3. The molecule has 3 aromatic rings. The number of hydrogen-bond acceptors (Lipinski definition) is 5. The fourth-order valence-corrected chi connectivity index (χ4v) is 4.23. The lowest BCUT2D eigenvalue weighted by Crippen LogP contribution is -2.17. The van der Waals surface area contributed by atoms with E-state index in [0.717, 1.165) is 0 Å². The van der Waals surface area contributed by atoms with Crippen LogP contribution in [0.4, 0.5) is 11.4 Å². The van der Waals surface area contributed by atoms with Gasteiger partial charge in [-0.15, -0.1) is 0 Å². The average Bonchev–Trinajstić information content (AvgIpc) is 2.70. The molecule has 0 spiro atoms. The van der Waals surface area contributed by atoms with Crippen molar-refractivity contribution in [3.63, 3.8) is 0 Å². The summed E-state index contributed by atoms with van der Waals surface area (Å²) in [6.45, 7) is 1.66. The minimum atomic E-state index is -3.93. The summed E-state index contributed by atoms with van der Waals surface area (Å²) in [7, 11) is -2.51. The number of ether oxygens (including phenoxy) is 1. The Morgan fingerprint density at radius 2 is 1.86 bits per heavy atom. The zero-order chi connectivity index (χ0) is 21.0. The minimum Gasteiger partial charge on any atom is -0.480 e. The van der Waals surface area contributed by atoms with Crippen molar-refractivity contribution in [3.05, 3.63) is 76.9 Å². The normalized spacial score (nSPS) is 11.0. The van der Waals surface area contributed by atoms with E-state index in [9.17, 15) is 13.2 Å². The number of methoxy groups -OCH3 is 1. The van der Waals surface area contributed by atoms with Gasteiger partial charge in [-0.1, -0.05) is 29.8 Å². The number of rotatable bonds is 6. The molecule has 1 aromatic heterocycles. The van der Waals surface area contributed by atoms with Crippen molar-refractivity contribution >= 4 is 38.9 Å². The van der Waals surface area contributed by atoms with Gasteiger partial charge in [-0.25, -0.2) is 13.4 Å². The van der Waals surface area contributed by atoms with Crippen LogP contribution in [0.5, 0.6) is 5.88 Å². The standard InChI is InChI=1S/C20H18ClN3O4S/c1-13-9-10-14(23-19(25)15-6-5-11-22-20(15)28-2)12-18(13)29(26,27)24-17-8-4-3-7-16(17)21/h3-12,24H,1-2H3,(H,23,25). The third kappa shape index (κ3) is 4.67. The van der Waals surface area contributed by atoms with Gasteiger partial charge in [0.05, 0.1) is 22.7 Å². The Morgan fingerprint density at radius 1 is 1.10 bits per heavy atom. The first kappa shape index (κ1) is 20.6. The second-order valence-electron chi connectivity index (χ2n) is 6.08. The number of carbonyl (C=O) groups is 1. The molecule has 9 heteroatoms. The topological polar surface area (TPSA) is 97.4 Å². The Bertz CT molecular complexity index is 1170. The average molecular weight is 432 g/mol. The molecule has 0 radical (unpaired) electrons. The molecule has 2 N–H and O–H groups in total. The zero-order valence-electron chi connectivity index (χ0n) is 15.6. The second-order valence-corrected chi connectivity index (χ2v) is 8.14. The number of benzene rings is 2. The van der Waals surface area contributed by atoms with Crippen molar-refractivity contribution < 1.29 is 17.9 Å². The van der Waals surface area contributed by atoms with Crippen LogP contribution in [0, 0.1) is 6.92 Å². The predicted molar refractivity (Wildman–Crippen MR) is 112 cm³/mol. The molecule has 29 heavy (non-hydrogen) atoms. The van der Waals surface area contributed by atoms with E-state index < -0.39 is 15.9 Å². The van der Waals surface area contributed by atoms with Crippen LogP contribution in [0.2, 0.25) is 5.02 Å². The van der Waals surface area contributed by atoms with Crippen molar-refractivity contribution in [1.29, 1.82) is 0 Å². The van der Waals surface area contributed by atoms with E-state index in [-0.39, 0.29) is 27.0 Å². The maximum absolute atomic E-state index is 12.9. The zero-order valence-corrected chi connectivity index (χ0v) is 17.2. The molecule has 0 aliphatic heterocycles. The Morgan fingerprint density at radius 3 is 2.59 bits per heavy atom. The van der Waals surface area contributed by atoms with E-state index in [1.54, 1.807) is 55.5 Å². The van der Waals surface area contributed by atoms with Crippen molar-refractivity contribution in [2.75, 3.05) is 17.1 Å². The van der Waals surface area contributed by atoms with E-state index in [0.29, 0.717) is 11.3 Å². The van der Waals surface area contributed by atoms with Crippen LogP contribution in [-0.2, 0) is 10.0 Å². The van der Waals surface area contributed by atoms with Gasteiger partial charge >= 0.3 is 0 Å². The van der Waals surface area contributed by atoms with Crippen LogP contribution in [0.1, 0.15) is 15.9 Å². The van der Waals surface area contributed by atoms with Crippen LogP contribution in [0.15, 0.2) is 65.7 Å². The molecule has 0 unspecified atom stereocenters. The highest BCUT2D eigenvalue weighted by Crippen LogP contribution is 2.27. The Labute approximate surface area is 173 Å². The van der Waals surface area contributed by atoms with Gasteiger partial charge in [0.1, 0.15) is 5.56 Å². The highest BCUT2D eigenvalue weighted by atomic mass is 35.5. The summed E-state index contributed by atoms with van der Waals surface area (Å²) in [5, 5.41) is 2.95. The van der Waals surface area contributed by atoms with Gasteiger partial charge < -0.3 is 10.1 Å². The van der Waals surface area contributed by atoms with Gasteiger partial charge in [0.25, 0.3) is 15.9 Å². The Balaban J connectivity index is 1.90. The number of carbonyl (C=O) groups excluding carboxylic acids is 1. The number of hydrogen-bond donors (Lipinski definition) is 2. The number of aryl methyl sites for hydroxylation is 1. The quantitative estimate of drug-likeness (QED) is 0.612. The highest BCUT2D eigenvalue weighted by Gasteiger charge is 2.20. The molecule has 2 aromatic carbocycles. The molecule has 0 aliphatic rings. The first-order valence-corrected chi connectivity index (χ1v) is 10.4. The van der Waals surface area contributed by atoms with E-state index >= 15 is 0 Å². The first-order valence-electron chi connectivity index (χ1n) is 8.50. The van der Waals surface area contributed by atoms with Crippen LogP contribution < -0.4 is 14.8 Å². The third-order valence-electron chi connectivity index (χ3n) is 4.06. The van der Waals surface area contributed by atoms with Gasteiger partial charge in [0.2, 0.25) is 5.88 Å². The Hall–Kier alpha value is -3.10. The van der Waals surface area contributed by atoms with Crippen molar-refractivity contribution in [3.8, 4) is 5.88 Å². The van der Waals surface area contributed by atoms with Crippen LogP contribution >= 0.6 is 11.6 Å². The van der Waals surface area contributed by atoms with E-state index in [1.165, 1.54) is 19.4 Å². The van der Waals surface area contributed by atoms with Crippen molar-refractivity contribution in [2.24, 2.45) is 0 Å². The molecule has 0 aliphatic carbocycles. The summed E-state index contributed by atoms with van der Waals surface area (Å²) in [6.07, 6.45) is 1.51. The molecule has 1 amide bonds. The summed E-state index contributed by atoms with van der Waals surface area (Å²) in [4.78, 5) is 16.6. The minimum absolute atomic E-state index is 0.0216. The molecule has 0 bridgehead atoms. The molecule has 0 fully saturated rings. The number of amides is 1. The number of nitrogens with zero attached hydrogens (tertiary/aromatic N) is 1. The highest BCUT2D eigenvalue weighted by molar-refractivity contribution is 7.92. The summed E-state index contributed by atoms with van der Waals surface area (Å²) in [5.74, 6) is -0.299. The third-order valence-corrected chi connectivity index (χ3v) is 5.90. The molecule has 7 nitrogen and oxygen atoms in total. The van der Waals surface area contributed by atoms with Crippen LogP contribution in [0.3, 0.4) is 0 Å². The predicted octanol–water partition coefficient (Wildman–Crippen LogP) is 4.11. The van der Waals surface area contributed by atoms with Gasteiger partial charge in [0, 0.05) is 11.9 Å². The molecule has 0 saturated carbocycles. The van der Waals surface area contributed by atoms with Gasteiger partial charge in [-0.05, 0) is 48.9 Å². The molecular formula is C20H18ClN3O4S. The maximum atomic E-state index is 12.9. The fourth-order valence-electron chi connectivity index (χ4n) is 2.64. The smallest absolute Gasteiger partial charge is 0.262 e. The number of aromatic nitrogens is 1. The second kappa shape index (κ2) is 8.50. The van der Waals surface area contributed by atoms with Gasteiger partial charge in [0.15, 0.2) is 0 Å². The summed E-state index contributed by atoms with van der Waals surface area (Å²) >= 11 is 6.05. The van der Waals surface area contributed by atoms with Gasteiger partial charge in [-0.3, -0.25) is 9.52 Å². The van der Waals surface area contributed by atoms with E-state index in [4.69, 9.17) is 16.3 Å². The number of para-hydroxylation sites is 1. The lowest BCUT2D eigenvalue weighted by atomic mass is 10.2. The van der Waals surface area contributed by atoms with Crippen molar-refractivity contribution in [2.45, 2.75) is 11.8 Å². The lowest BCUT2D eigenvalue weighted by Gasteiger charge is -2.14. The molecule has 3 rings (SSSR count). The SMILES string of the molecule is COc1ncccc1C(=O)Nc1ccc(C)c(S(=O)(=O)Nc2ccccc2Cl)c1. The molecule has 0 saturated heterocycles. The van der Waals surface area contributed by atoms with Crippen LogP contribution in [0.25, 0.3) is 0 Å². The fraction of sp³-hybridized carbons (Fsp3) is 0.100. The largest absolute Gasteiger partial charge is 0.480 e. The van der Waals surface area contributed by atoms with Crippen molar-refractivity contribution in [1.82, 2.24) is 4.98 Å². The molecule has 1 heterocycles. The van der Waals surface area contributed by atoms with E-state index in [2.05, 4.69) is 15.0 Å². The maximum Gasteiger partial charge on any atom is 0.262 e. The first-order chi connectivity index (χ1) is 13.8. The number of halogens is 1. The number of sulfonamides is 1. The molecule has 0 atom stereocenters. The van der Waals surface area contributed by atoms with E-state index in [1.807, 2.05) is 0 Å². The monoisotopic (exact) mass is 431 g/mol. The summed E-state index contributed by atoms with van der Waals surface area (Å²) < 4.78 is 33.3. The number of anilines is 2. The summed E-state index contributed by atoms with van der Waals surface area (Å²) in [5.41, 5.74) is 1.32. The molecule has 150 valence electrons. The Kier molecular flexibility index (Phi) is 6.05.